The molecule has 0 saturated heterocycles. The number of rotatable bonds is 4. The highest BCUT2D eigenvalue weighted by molar-refractivity contribution is 6.31. The van der Waals surface area contributed by atoms with Crippen LogP contribution in [0.2, 0.25) is 5.02 Å². The number of nitrogens with one attached hydrogen (secondary N) is 2. The van der Waals surface area contributed by atoms with Gasteiger partial charge in [-0.25, -0.2) is 0 Å². The molecule has 0 unspecified atom stereocenters. The van der Waals surface area contributed by atoms with Crippen LogP contribution in [0.5, 0.6) is 0 Å². The molecule has 156 valence electrons. The molecule has 0 bridgehead atoms. The first-order valence-corrected chi connectivity index (χ1v) is 10.2. The number of H-pyrrole nitrogens is 1. The largest absolute Gasteiger partial charge is 0.385 e. The first-order chi connectivity index (χ1) is 14.2. The highest BCUT2D eigenvalue weighted by Gasteiger charge is 2.41. The van der Waals surface area contributed by atoms with Gasteiger partial charge in [-0.1, -0.05) is 35.9 Å². The zero-order valence-corrected chi connectivity index (χ0v) is 17.7. The number of carbonyl (C=O) groups excluding carboxylic acids is 2. The van der Waals surface area contributed by atoms with Crippen molar-refractivity contribution < 1.29 is 14.7 Å². The Morgan fingerprint density at radius 1 is 1.23 bits per heavy atom. The minimum Gasteiger partial charge on any atom is -0.385 e. The third-order valence-electron chi connectivity index (χ3n) is 5.67. The highest BCUT2D eigenvalue weighted by atomic mass is 35.5. The van der Waals surface area contributed by atoms with E-state index in [0.29, 0.717) is 17.1 Å². The molecule has 1 aliphatic rings. The Morgan fingerprint density at radius 3 is 2.77 bits per heavy atom. The molecule has 7 heteroatoms. The first-order valence-electron chi connectivity index (χ1n) is 9.85. The van der Waals surface area contributed by atoms with E-state index in [0.717, 1.165) is 22.0 Å². The van der Waals surface area contributed by atoms with Gasteiger partial charge in [0.25, 0.3) is 5.91 Å². The van der Waals surface area contributed by atoms with Crippen molar-refractivity contribution in [2.24, 2.45) is 0 Å². The zero-order valence-electron chi connectivity index (χ0n) is 16.9. The predicted octanol–water partition coefficient (Wildman–Crippen LogP) is 3.23. The Kier molecular flexibility index (Phi) is 5.30. The Bertz CT molecular complexity index is 1120. The number of aliphatic hydroxyl groups is 1. The number of carbonyl (C=O) groups is 2. The Morgan fingerprint density at radius 2 is 2.00 bits per heavy atom. The number of benzene rings is 2. The molecule has 2 amide bonds. The summed E-state index contributed by atoms with van der Waals surface area (Å²) in [5, 5.41) is 15.9. The van der Waals surface area contributed by atoms with E-state index in [1.165, 1.54) is 4.90 Å². The molecule has 1 aliphatic carbocycles. The molecule has 0 aliphatic heterocycles. The van der Waals surface area contributed by atoms with Crippen LogP contribution in [0.25, 0.3) is 10.9 Å². The van der Waals surface area contributed by atoms with Crippen molar-refractivity contribution in [2.75, 3.05) is 14.1 Å². The Balaban J connectivity index is 1.58. The summed E-state index contributed by atoms with van der Waals surface area (Å²) in [6, 6.07) is 14.4. The summed E-state index contributed by atoms with van der Waals surface area (Å²) in [6.07, 6.45) is 0.822. The van der Waals surface area contributed by atoms with Crippen molar-refractivity contribution in [2.45, 2.75) is 30.9 Å². The van der Waals surface area contributed by atoms with Crippen LogP contribution in [0.15, 0.2) is 48.5 Å². The molecule has 0 spiro atoms. The fourth-order valence-corrected chi connectivity index (χ4v) is 4.35. The number of aromatic amines is 1. The number of hydrogen-bond donors (Lipinski definition) is 3. The summed E-state index contributed by atoms with van der Waals surface area (Å²) >= 11 is 6.03. The maximum Gasteiger partial charge on any atom is 0.267 e. The smallest absolute Gasteiger partial charge is 0.267 e. The van der Waals surface area contributed by atoms with E-state index in [9.17, 15) is 14.7 Å². The molecule has 0 fully saturated rings. The molecule has 6 nitrogen and oxygen atoms in total. The quantitative estimate of drug-likeness (QED) is 0.600. The average molecular weight is 426 g/mol. The van der Waals surface area contributed by atoms with Crippen molar-refractivity contribution in [1.29, 1.82) is 0 Å². The summed E-state index contributed by atoms with van der Waals surface area (Å²) in [5.41, 5.74) is 1.62. The van der Waals surface area contributed by atoms with Gasteiger partial charge in [-0.3, -0.25) is 9.59 Å². The van der Waals surface area contributed by atoms with Gasteiger partial charge in [-0.2, -0.15) is 0 Å². The minimum atomic E-state index is -1.33. The van der Waals surface area contributed by atoms with Crippen molar-refractivity contribution >= 4 is 34.3 Å². The van der Waals surface area contributed by atoms with Crippen LogP contribution < -0.4 is 5.32 Å². The third kappa shape index (κ3) is 3.93. The third-order valence-corrected chi connectivity index (χ3v) is 5.91. The number of nitrogens with zero attached hydrogens (tertiary/aromatic N) is 1. The second-order valence-electron chi connectivity index (χ2n) is 8.15. The lowest BCUT2D eigenvalue weighted by atomic mass is 9.74. The van der Waals surface area contributed by atoms with Crippen LogP contribution >= 0.6 is 11.6 Å². The van der Waals surface area contributed by atoms with E-state index in [2.05, 4.69) is 10.3 Å². The topological polar surface area (TPSA) is 85.4 Å². The SMILES string of the molecule is CN(C)C(=O)C[C@@]1(O)C[C@@H](NC(=O)c2cc3cc(Cl)ccc3[nH]2)Cc2ccccc21. The van der Waals surface area contributed by atoms with Crippen LogP contribution in [0.1, 0.15) is 34.5 Å². The summed E-state index contributed by atoms with van der Waals surface area (Å²) in [6.45, 7) is 0. The van der Waals surface area contributed by atoms with Crippen LogP contribution in [0.3, 0.4) is 0 Å². The van der Waals surface area contributed by atoms with Crippen LogP contribution in [0, 0.1) is 0 Å². The summed E-state index contributed by atoms with van der Waals surface area (Å²) in [7, 11) is 3.34. The van der Waals surface area contributed by atoms with Crippen molar-refractivity contribution in [3.05, 3.63) is 70.4 Å². The van der Waals surface area contributed by atoms with Crippen LogP contribution in [0.4, 0.5) is 0 Å². The fourth-order valence-electron chi connectivity index (χ4n) is 4.17. The van der Waals surface area contributed by atoms with E-state index < -0.39 is 5.60 Å². The maximum absolute atomic E-state index is 12.9. The minimum absolute atomic E-state index is 0.0335. The number of fused-ring (bicyclic) bond motifs is 2. The van der Waals surface area contributed by atoms with Gasteiger partial charge in [0.2, 0.25) is 5.91 Å². The van der Waals surface area contributed by atoms with Gasteiger partial charge in [0.05, 0.1) is 6.42 Å². The monoisotopic (exact) mass is 425 g/mol. The van der Waals surface area contributed by atoms with Crippen molar-refractivity contribution in [1.82, 2.24) is 15.2 Å². The second-order valence-corrected chi connectivity index (χ2v) is 8.58. The fraction of sp³-hybridized carbons (Fsp3) is 0.304. The zero-order chi connectivity index (χ0) is 21.5. The lowest BCUT2D eigenvalue weighted by molar-refractivity contribution is -0.135. The van der Waals surface area contributed by atoms with Gasteiger partial charge in [-0.05, 0) is 41.8 Å². The lowest BCUT2D eigenvalue weighted by Gasteiger charge is -2.39. The number of amides is 2. The van der Waals surface area contributed by atoms with Gasteiger partial charge in [-0.15, -0.1) is 0 Å². The molecular weight excluding hydrogens is 402 g/mol. The van der Waals surface area contributed by atoms with Gasteiger partial charge < -0.3 is 20.3 Å². The average Bonchev–Trinajstić information content (AvgIpc) is 3.11. The van der Waals surface area contributed by atoms with E-state index in [1.54, 1.807) is 32.3 Å². The molecule has 3 N–H and O–H groups in total. The van der Waals surface area contributed by atoms with Gasteiger partial charge in [0.1, 0.15) is 11.3 Å². The molecule has 30 heavy (non-hydrogen) atoms. The molecule has 4 rings (SSSR count). The summed E-state index contributed by atoms with van der Waals surface area (Å²) < 4.78 is 0. The number of aromatic nitrogens is 1. The van der Waals surface area contributed by atoms with Gasteiger partial charge in [0, 0.05) is 42.5 Å². The standard InChI is InChI=1S/C23H24ClN3O3/c1-27(2)21(28)13-23(30)12-17(10-14-5-3-4-6-18(14)23)25-22(29)20-11-15-9-16(24)7-8-19(15)26-20/h3-9,11,17,26,30H,10,12-13H2,1-2H3,(H,25,29)/t17-,23-/m0/s1. The van der Waals surface area contributed by atoms with E-state index in [4.69, 9.17) is 11.6 Å². The first kappa shape index (κ1) is 20.4. The Hall–Kier alpha value is -2.83. The van der Waals surface area contributed by atoms with Crippen LogP contribution in [-0.4, -0.2) is 46.9 Å². The van der Waals surface area contributed by atoms with E-state index in [-0.39, 0.29) is 30.7 Å². The van der Waals surface area contributed by atoms with Gasteiger partial charge in [0.15, 0.2) is 0 Å². The van der Waals surface area contributed by atoms with Crippen molar-refractivity contribution in [3.63, 3.8) is 0 Å². The molecule has 0 saturated carbocycles. The predicted molar refractivity (Wildman–Crippen MR) is 117 cm³/mol. The highest BCUT2D eigenvalue weighted by Crippen LogP contribution is 2.38. The number of hydrogen-bond acceptors (Lipinski definition) is 3. The van der Waals surface area contributed by atoms with Crippen molar-refractivity contribution in [3.8, 4) is 0 Å². The lowest BCUT2D eigenvalue weighted by Crippen LogP contribution is -2.48. The van der Waals surface area contributed by atoms with E-state index >= 15 is 0 Å². The van der Waals surface area contributed by atoms with Crippen LogP contribution in [-0.2, 0) is 16.8 Å². The molecule has 0 radical (unpaired) electrons. The molecule has 2 aromatic carbocycles. The molecule has 3 aromatic rings. The maximum atomic E-state index is 12.9. The number of halogens is 1. The molecule has 1 heterocycles. The summed E-state index contributed by atoms with van der Waals surface area (Å²) in [4.78, 5) is 29.8. The summed E-state index contributed by atoms with van der Waals surface area (Å²) in [5.74, 6) is -0.417. The normalized spacial score (nSPS) is 20.6. The second kappa shape index (κ2) is 7.78. The molecule has 2 atom stereocenters. The molecular formula is C23H24ClN3O3. The van der Waals surface area contributed by atoms with Gasteiger partial charge >= 0.3 is 0 Å². The molecule has 1 aromatic heterocycles. The van der Waals surface area contributed by atoms with E-state index in [1.807, 2.05) is 30.3 Å². The Labute approximate surface area is 179 Å².